The predicted molar refractivity (Wildman–Crippen MR) is 119 cm³/mol. The van der Waals surface area contributed by atoms with E-state index in [4.69, 9.17) is 0 Å². The average Bonchev–Trinajstić information content (AvgIpc) is 3.32. The van der Waals surface area contributed by atoms with E-state index in [1.807, 2.05) is 33.8 Å². The van der Waals surface area contributed by atoms with Gasteiger partial charge in [0, 0.05) is 11.4 Å². The minimum atomic E-state index is -0.500. The molecule has 0 aliphatic rings. The van der Waals surface area contributed by atoms with Crippen LogP contribution in [0, 0.1) is 25.5 Å². The van der Waals surface area contributed by atoms with E-state index in [0.29, 0.717) is 28.3 Å². The number of benzene rings is 2. The molecule has 0 saturated heterocycles. The third-order valence-electron chi connectivity index (χ3n) is 5.11. The van der Waals surface area contributed by atoms with Crippen LogP contribution in [0.3, 0.4) is 0 Å². The zero-order valence-corrected chi connectivity index (χ0v) is 18.2. The molecule has 0 spiro atoms. The SMILES string of the molecule is Cc1cc(C)n(-c2ccc(NC(=O)c3cnn(-c4ccc(F)cc4)c3C(C)C)cc2F)n1. The first kappa shape index (κ1) is 21.4. The molecule has 32 heavy (non-hydrogen) atoms. The molecule has 8 heteroatoms. The first-order valence-electron chi connectivity index (χ1n) is 10.2. The van der Waals surface area contributed by atoms with E-state index in [9.17, 15) is 13.6 Å². The van der Waals surface area contributed by atoms with Crippen LogP contribution >= 0.6 is 0 Å². The fourth-order valence-corrected chi connectivity index (χ4v) is 3.70. The topological polar surface area (TPSA) is 64.7 Å². The molecular weight excluding hydrogens is 412 g/mol. The molecule has 1 amide bonds. The van der Waals surface area contributed by atoms with Gasteiger partial charge in [-0.15, -0.1) is 0 Å². The Kier molecular flexibility index (Phi) is 5.61. The Bertz CT molecular complexity index is 1290. The van der Waals surface area contributed by atoms with E-state index in [0.717, 1.165) is 11.4 Å². The summed E-state index contributed by atoms with van der Waals surface area (Å²) in [5.41, 5.74) is 3.92. The summed E-state index contributed by atoms with van der Waals surface area (Å²) in [7, 11) is 0. The Morgan fingerprint density at radius 2 is 1.72 bits per heavy atom. The number of halogens is 2. The molecule has 0 saturated carbocycles. The van der Waals surface area contributed by atoms with E-state index in [2.05, 4.69) is 15.5 Å². The van der Waals surface area contributed by atoms with E-state index in [-0.39, 0.29) is 11.7 Å². The Balaban J connectivity index is 1.62. The number of hydrogen-bond acceptors (Lipinski definition) is 3. The molecule has 0 unspecified atom stereocenters. The summed E-state index contributed by atoms with van der Waals surface area (Å²) in [6.07, 6.45) is 1.47. The molecule has 164 valence electrons. The maximum atomic E-state index is 14.8. The van der Waals surface area contributed by atoms with Crippen molar-refractivity contribution in [3.05, 3.63) is 89.0 Å². The summed E-state index contributed by atoms with van der Waals surface area (Å²) in [5, 5.41) is 11.4. The van der Waals surface area contributed by atoms with E-state index >= 15 is 0 Å². The lowest BCUT2D eigenvalue weighted by molar-refractivity contribution is 0.102. The third kappa shape index (κ3) is 4.03. The minimum absolute atomic E-state index is 0.0338. The number of carbonyl (C=O) groups is 1. The Morgan fingerprint density at radius 1 is 1.00 bits per heavy atom. The summed E-state index contributed by atoms with van der Waals surface area (Å²) >= 11 is 0. The van der Waals surface area contributed by atoms with Crippen molar-refractivity contribution in [1.82, 2.24) is 19.6 Å². The van der Waals surface area contributed by atoms with Gasteiger partial charge in [-0.3, -0.25) is 4.79 Å². The van der Waals surface area contributed by atoms with Gasteiger partial charge in [0.2, 0.25) is 0 Å². The fourth-order valence-electron chi connectivity index (χ4n) is 3.70. The highest BCUT2D eigenvalue weighted by Crippen LogP contribution is 2.25. The molecule has 4 rings (SSSR count). The van der Waals surface area contributed by atoms with Crippen LogP contribution < -0.4 is 5.32 Å². The highest BCUT2D eigenvalue weighted by atomic mass is 19.1. The van der Waals surface area contributed by atoms with Gasteiger partial charge in [0.15, 0.2) is 5.82 Å². The number of nitrogens with one attached hydrogen (secondary N) is 1. The molecule has 6 nitrogen and oxygen atoms in total. The largest absolute Gasteiger partial charge is 0.322 e. The maximum absolute atomic E-state index is 14.8. The Hall–Kier alpha value is -3.81. The van der Waals surface area contributed by atoms with Crippen LogP contribution in [0.4, 0.5) is 14.5 Å². The molecule has 0 atom stereocenters. The van der Waals surface area contributed by atoms with E-state index in [1.54, 1.807) is 28.9 Å². The zero-order chi connectivity index (χ0) is 23.0. The van der Waals surface area contributed by atoms with Gasteiger partial charge in [0.1, 0.15) is 11.5 Å². The van der Waals surface area contributed by atoms with Gasteiger partial charge in [-0.25, -0.2) is 18.1 Å². The molecular formula is C24H23F2N5O. The van der Waals surface area contributed by atoms with Gasteiger partial charge in [0.05, 0.1) is 28.8 Å². The van der Waals surface area contributed by atoms with E-state index < -0.39 is 11.7 Å². The molecule has 0 aliphatic heterocycles. The summed E-state index contributed by atoms with van der Waals surface area (Å²) in [4.78, 5) is 13.0. The fraction of sp³-hybridized carbons (Fsp3) is 0.208. The minimum Gasteiger partial charge on any atom is -0.322 e. The number of carbonyl (C=O) groups excluding carboxylic acids is 1. The molecule has 1 N–H and O–H groups in total. The Morgan fingerprint density at radius 3 is 2.31 bits per heavy atom. The quantitative estimate of drug-likeness (QED) is 0.461. The summed E-state index contributed by atoms with van der Waals surface area (Å²) < 4.78 is 31.2. The van der Waals surface area contributed by atoms with Gasteiger partial charge < -0.3 is 5.32 Å². The van der Waals surface area contributed by atoms with Crippen LogP contribution in [-0.2, 0) is 0 Å². The average molecular weight is 435 g/mol. The van der Waals surface area contributed by atoms with Crippen LogP contribution in [0.25, 0.3) is 11.4 Å². The number of aryl methyl sites for hydroxylation is 2. The Labute approximate surface area is 184 Å². The summed E-state index contributed by atoms with van der Waals surface area (Å²) in [5.74, 6) is -1.29. The molecule has 0 radical (unpaired) electrons. The van der Waals surface area contributed by atoms with Gasteiger partial charge >= 0.3 is 0 Å². The van der Waals surface area contributed by atoms with Crippen molar-refractivity contribution in [2.75, 3.05) is 5.32 Å². The normalized spacial score (nSPS) is 11.2. The number of rotatable bonds is 5. The van der Waals surface area contributed by atoms with Crippen molar-refractivity contribution < 1.29 is 13.6 Å². The molecule has 0 bridgehead atoms. The summed E-state index contributed by atoms with van der Waals surface area (Å²) in [6.45, 7) is 7.57. The van der Waals surface area contributed by atoms with Crippen LogP contribution in [0.15, 0.2) is 54.7 Å². The van der Waals surface area contributed by atoms with E-state index in [1.165, 1.54) is 29.1 Å². The summed E-state index contributed by atoms with van der Waals surface area (Å²) in [6, 6.07) is 12.2. The molecule has 2 aromatic heterocycles. The van der Waals surface area contributed by atoms with Crippen LogP contribution in [0.2, 0.25) is 0 Å². The first-order valence-corrected chi connectivity index (χ1v) is 10.2. The maximum Gasteiger partial charge on any atom is 0.259 e. The molecule has 0 aliphatic carbocycles. The molecule has 4 aromatic rings. The monoisotopic (exact) mass is 435 g/mol. The first-order chi connectivity index (χ1) is 15.2. The molecule has 2 aromatic carbocycles. The van der Waals surface area contributed by atoms with Crippen LogP contribution in [-0.4, -0.2) is 25.5 Å². The van der Waals surface area contributed by atoms with Crippen molar-refractivity contribution in [3.63, 3.8) is 0 Å². The van der Waals surface area contributed by atoms with Gasteiger partial charge in [-0.1, -0.05) is 13.8 Å². The van der Waals surface area contributed by atoms with Crippen molar-refractivity contribution in [1.29, 1.82) is 0 Å². The van der Waals surface area contributed by atoms with Crippen LogP contribution in [0.5, 0.6) is 0 Å². The van der Waals surface area contributed by atoms with Gasteiger partial charge in [-0.05, 0) is 68.3 Å². The number of aromatic nitrogens is 4. The highest BCUT2D eigenvalue weighted by molar-refractivity contribution is 6.05. The lowest BCUT2D eigenvalue weighted by Crippen LogP contribution is -2.16. The van der Waals surface area contributed by atoms with Gasteiger partial charge in [-0.2, -0.15) is 10.2 Å². The zero-order valence-electron chi connectivity index (χ0n) is 18.2. The van der Waals surface area contributed by atoms with Crippen molar-refractivity contribution >= 4 is 11.6 Å². The lowest BCUT2D eigenvalue weighted by Gasteiger charge is -2.13. The molecule has 2 heterocycles. The molecule has 0 fully saturated rings. The third-order valence-corrected chi connectivity index (χ3v) is 5.11. The van der Waals surface area contributed by atoms with Crippen molar-refractivity contribution in [2.45, 2.75) is 33.6 Å². The highest BCUT2D eigenvalue weighted by Gasteiger charge is 2.21. The predicted octanol–water partition coefficient (Wildman–Crippen LogP) is 5.33. The van der Waals surface area contributed by atoms with Crippen molar-refractivity contribution in [3.8, 4) is 11.4 Å². The second kappa shape index (κ2) is 8.37. The smallest absolute Gasteiger partial charge is 0.259 e. The lowest BCUT2D eigenvalue weighted by atomic mass is 10.0. The number of anilines is 1. The number of amides is 1. The van der Waals surface area contributed by atoms with Crippen molar-refractivity contribution in [2.24, 2.45) is 0 Å². The number of hydrogen-bond donors (Lipinski definition) is 1. The number of nitrogens with zero attached hydrogens (tertiary/aromatic N) is 4. The van der Waals surface area contributed by atoms with Gasteiger partial charge in [0.25, 0.3) is 5.91 Å². The second-order valence-electron chi connectivity index (χ2n) is 7.95. The standard InChI is InChI=1S/C24H23F2N5O/c1-14(2)23-20(13-27-31(23)19-8-5-17(25)6-9-19)24(32)28-18-7-10-22(21(26)12-18)30-16(4)11-15(3)29-30/h5-14H,1-4H3,(H,28,32). The second-order valence-corrected chi connectivity index (χ2v) is 7.95. The van der Waals surface area contributed by atoms with Crippen LogP contribution in [0.1, 0.15) is 47.2 Å².